The summed E-state index contributed by atoms with van der Waals surface area (Å²) in [6.07, 6.45) is 1.44. The highest BCUT2D eigenvalue weighted by atomic mass is 79.9. The number of halogens is 2. The molecule has 0 saturated carbocycles. The molecular formula is C16H11BrFN5O2. The predicted molar refractivity (Wildman–Crippen MR) is 94.3 cm³/mol. The fourth-order valence-electron chi connectivity index (χ4n) is 1.95. The minimum Gasteiger partial charge on any atom is -0.320 e. The lowest BCUT2D eigenvalue weighted by atomic mass is 10.2. The molecule has 1 aromatic heterocycles. The number of anilines is 1. The molecule has 3 rings (SSSR count). The van der Waals surface area contributed by atoms with Crippen LogP contribution in [0.5, 0.6) is 0 Å². The third-order valence-electron chi connectivity index (χ3n) is 3.14. The molecule has 0 radical (unpaired) electrons. The van der Waals surface area contributed by atoms with Gasteiger partial charge in [-0.05, 0) is 35.9 Å². The van der Waals surface area contributed by atoms with Gasteiger partial charge < -0.3 is 5.32 Å². The Hall–Kier alpha value is -3.07. The van der Waals surface area contributed by atoms with E-state index in [2.05, 4.69) is 36.7 Å². The lowest BCUT2D eigenvalue weighted by Crippen LogP contribution is -2.23. The number of carbonyl (C=O) groups is 1. The average Bonchev–Trinajstić information content (AvgIpc) is 2.95. The van der Waals surface area contributed by atoms with Gasteiger partial charge in [-0.3, -0.25) is 9.59 Å². The first kappa shape index (κ1) is 16.8. The molecule has 3 aromatic rings. The van der Waals surface area contributed by atoms with Crippen LogP contribution < -0.4 is 10.9 Å². The third kappa shape index (κ3) is 4.07. The van der Waals surface area contributed by atoms with Crippen LogP contribution in [-0.2, 0) is 0 Å². The summed E-state index contributed by atoms with van der Waals surface area (Å²) in [7, 11) is 0. The maximum absolute atomic E-state index is 13.1. The minimum atomic E-state index is -0.760. The van der Waals surface area contributed by atoms with E-state index in [1.54, 1.807) is 12.1 Å². The summed E-state index contributed by atoms with van der Waals surface area (Å²) in [5, 5.41) is 12.3. The van der Waals surface area contributed by atoms with Crippen molar-refractivity contribution >= 4 is 33.7 Å². The second-order valence-corrected chi connectivity index (χ2v) is 5.85. The second-order valence-electron chi connectivity index (χ2n) is 4.94. The molecule has 0 aliphatic rings. The van der Waals surface area contributed by atoms with Crippen molar-refractivity contribution in [3.05, 3.63) is 80.4 Å². The topological polar surface area (TPSA) is 92.1 Å². The maximum Gasteiger partial charge on any atom is 0.320 e. The molecule has 0 aliphatic heterocycles. The van der Waals surface area contributed by atoms with Crippen LogP contribution in [0.15, 0.2) is 62.9 Å². The molecule has 1 amide bonds. The Balaban J connectivity index is 1.77. The second kappa shape index (κ2) is 7.22. The molecule has 0 bridgehead atoms. The number of nitrogens with one attached hydrogen (secondary N) is 2. The van der Waals surface area contributed by atoms with Gasteiger partial charge in [-0.2, -0.15) is 10.3 Å². The number of amides is 1. The largest absolute Gasteiger partial charge is 0.320 e. The van der Waals surface area contributed by atoms with E-state index in [9.17, 15) is 14.0 Å². The minimum absolute atomic E-state index is 0.220. The van der Waals surface area contributed by atoms with Gasteiger partial charge in [-0.25, -0.2) is 4.39 Å². The fourth-order valence-corrected chi connectivity index (χ4v) is 2.21. The smallest absolute Gasteiger partial charge is 0.320 e. The standard InChI is InChI=1S/C16H11BrFN5O2/c17-11-6-4-10(5-7-11)9-19-23-16(25)14(21-22-23)15(24)20-13-3-1-2-12(18)8-13/h1-9,22H,(H,20,24). The van der Waals surface area contributed by atoms with Crippen LogP contribution in [0.1, 0.15) is 16.1 Å². The Labute approximate surface area is 149 Å². The number of aromatic amines is 1. The number of benzene rings is 2. The summed E-state index contributed by atoms with van der Waals surface area (Å²) in [5.74, 6) is -1.26. The molecule has 0 fully saturated rings. The number of rotatable bonds is 4. The molecule has 0 saturated heterocycles. The van der Waals surface area contributed by atoms with E-state index < -0.39 is 17.3 Å². The van der Waals surface area contributed by atoms with E-state index in [-0.39, 0.29) is 11.4 Å². The van der Waals surface area contributed by atoms with Gasteiger partial charge in [0.1, 0.15) is 5.82 Å². The molecule has 0 aliphatic carbocycles. The Kier molecular flexibility index (Phi) is 4.85. The van der Waals surface area contributed by atoms with Crippen LogP contribution in [0.25, 0.3) is 0 Å². The van der Waals surface area contributed by atoms with E-state index in [0.717, 1.165) is 20.9 Å². The van der Waals surface area contributed by atoms with Gasteiger partial charge >= 0.3 is 5.56 Å². The predicted octanol–water partition coefficient (Wildman–Crippen LogP) is 2.61. The van der Waals surface area contributed by atoms with Crippen molar-refractivity contribution in [2.45, 2.75) is 0 Å². The van der Waals surface area contributed by atoms with E-state index in [1.165, 1.54) is 24.4 Å². The summed E-state index contributed by atoms with van der Waals surface area (Å²) in [6, 6.07) is 12.6. The lowest BCUT2D eigenvalue weighted by Gasteiger charge is -2.01. The van der Waals surface area contributed by atoms with Crippen LogP contribution in [0.4, 0.5) is 10.1 Å². The fraction of sp³-hybridized carbons (Fsp3) is 0. The highest BCUT2D eigenvalue weighted by Gasteiger charge is 2.16. The van der Waals surface area contributed by atoms with Gasteiger partial charge in [0.15, 0.2) is 0 Å². The monoisotopic (exact) mass is 403 g/mol. The zero-order valence-corrected chi connectivity index (χ0v) is 14.2. The van der Waals surface area contributed by atoms with Crippen LogP contribution in [0.2, 0.25) is 0 Å². The van der Waals surface area contributed by atoms with Crippen LogP contribution in [0, 0.1) is 5.82 Å². The molecule has 25 heavy (non-hydrogen) atoms. The van der Waals surface area contributed by atoms with E-state index >= 15 is 0 Å². The van der Waals surface area contributed by atoms with E-state index in [0.29, 0.717) is 0 Å². The summed E-state index contributed by atoms with van der Waals surface area (Å²) < 4.78 is 14.0. The number of carbonyl (C=O) groups excluding carboxylic acids is 1. The molecule has 126 valence electrons. The van der Waals surface area contributed by atoms with Crippen molar-refractivity contribution in [3.8, 4) is 0 Å². The van der Waals surface area contributed by atoms with Crippen molar-refractivity contribution in [1.29, 1.82) is 0 Å². The van der Waals surface area contributed by atoms with E-state index in [1.807, 2.05) is 12.1 Å². The van der Waals surface area contributed by atoms with Crippen LogP contribution in [-0.4, -0.2) is 27.2 Å². The first-order chi connectivity index (χ1) is 12.0. The van der Waals surface area contributed by atoms with Crippen LogP contribution in [0.3, 0.4) is 0 Å². The SMILES string of the molecule is O=C(Nc1cccc(F)c1)c1n[nH]n(N=Cc2ccc(Br)cc2)c1=O. The summed E-state index contributed by atoms with van der Waals surface area (Å²) >= 11 is 3.32. The molecule has 0 atom stereocenters. The molecule has 7 nitrogen and oxygen atoms in total. The summed E-state index contributed by atoms with van der Waals surface area (Å²) in [6.45, 7) is 0. The zero-order chi connectivity index (χ0) is 17.8. The first-order valence-corrected chi connectivity index (χ1v) is 7.86. The molecular weight excluding hydrogens is 393 g/mol. The van der Waals surface area contributed by atoms with Crippen LogP contribution >= 0.6 is 15.9 Å². The molecule has 0 unspecified atom stereocenters. The number of aromatic nitrogens is 3. The van der Waals surface area contributed by atoms with Crippen molar-refractivity contribution in [2.75, 3.05) is 5.32 Å². The summed E-state index contributed by atoms with van der Waals surface area (Å²) in [5.41, 5.74) is -0.118. The van der Waals surface area contributed by atoms with Crippen molar-refractivity contribution in [1.82, 2.24) is 15.1 Å². The van der Waals surface area contributed by atoms with E-state index in [4.69, 9.17) is 0 Å². The number of hydrogen-bond donors (Lipinski definition) is 2. The van der Waals surface area contributed by atoms with Crippen molar-refractivity contribution in [2.24, 2.45) is 5.10 Å². The molecule has 0 spiro atoms. The number of hydrogen-bond acceptors (Lipinski definition) is 4. The van der Waals surface area contributed by atoms with Crippen molar-refractivity contribution < 1.29 is 9.18 Å². The van der Waals surface area contributed by atoms with Gasteiger partial charge in [0.05, 0.1) is 6.21 Å². The highest BCUT2D eigenvalue weighted by molar-refractivity contribution is 9.10. The Morgan fingerprint density at radius 1 is 1.28 bits per heavy atom. The molecule has 2 N–H and O–H groups in total. The Morgan fingerprint density at radius 3 is 2.76 bits per heavy atom. The Bertz CT molecular complexity index is 994. The quantitative estimate of drug-likeness (QED) is 0.655. The lowest BCUT2D eigenvalue weighted by molar-refractivity contribution is 0.102. The normalized spacial score (nSPS) is 11.0. The molecule has 2 aromatic carbocycles. The van der Waals surface area contributed by atoms with Gasteiger partial charge in [-0.15, -0.1) is 9.89 Å². The third-order valence-corrected chi connectivity index (χ3v) is 3.67. The Morgan fingerprint density at radius 2 is 2.04 bits per heavy atom. The molecule has 1 heterocycles. The maximum atomic E-state index is 13.1. The number of nitrogens with zero attached hydrogens (tertiary/aromatic N) is 3. The zero-order valence-electron chi connectivity index (χ0n) is 12.6. The highest BCUT2D eigenvalue weighted by Crippen LogP contribution is 2.10. The van der Waals surface area contributed by atoms with Gasteiger partial charge in [0.2, 0.25) is 5.69 Å². The van der Waals surface area contributed by atoms with Gasteiger partial charge in [-0.1, -0.05) is 34.1 Å². The van der Waals surface area contributed by atoms with Gasteiger partial charge in [0, 0.05) is 10.2 Å². The first-order valence-electron chi connectivity index (χ1n) is 7.07. The molecule has 9 heteroatoms. The summed E-state index contributed by atoms with van der Waals surface area (Å²) in [4.78, 5) is 25.1. The number of H-pyrrole nitrogens is 1. The van der Waals surface area contributed by atoms with Crippen molar-refractivity contribution in [3.63, 3.8) is 0 Å². The van der Waals surface area contributed by atoms with Gasteiger partial charge in [0.25, 0.3) is 5.91 Å². The average molecular weight is 404 g/mol.